The van der Waals surface area contributed by atoms with Crippen molar-refractivity contribution in [1.82, 2.24) is 15.6 Å². The normalized spacial score (nSPS) is 18.9. The van der Waals surface area contributed by atoms with E-state index in [0.29, 0.717) is 6.54 Å². The molecule has 0 spiro atoms. The lowest BCUT2D eigenvalue weighted by Gasteiger charge is -2.29. The Morgan fingerprint density at radius 3 is 2.96 bits per heavy atom. The van der Waals surface area contributed by atoms with Crippen LogP contribution in [0.5, 0.6) is 0 Å². The molecule has 1 aromatic rings. The summed E-state index contributed by atoms with van der Waals surface area (Å²) in [6.45, 7) is 8.28. The molecule has 1 aliphatic carbocycles. The molecule has 2 N–H and O–H groups in total. The molecule has 0 saturated carbocycles. The Hall–Kier alpha value is -1.62. The molecule has 2 unspecified atom stereocenters. The molecule has 23 heavy (non-hydrogen) atoms. The summed E-state index contributed by atoms with van der Waals surface area (Å²) < 4.78 is 5.29. The van der Waals surface area contributed by atoms with Gasteiger partial charge < -0.3 is 15.4 Å². The second kappa shape index (κ2) is 7.77. The number of carbonyl (C=O) groups is 1. The van der Waals surface area contributed by atoms with E-state index in [1.807, 2.05) is 33.0 Å². The zero-order chi connectivity index (χ0) is 16.9. The number of aryl methyl sites for hydroxylation is 1. The van der Waals surface area contributed by atoms with E-state index < -0.39 is 5.60 Å². The molecule has 0 fully saturated rings. The van der Waals surface area contributed by atoms with Crippen LogP contribution in [-0.4, -0.2) is 29.3 Å². The van der Waals surface area contributed by atoms with Crippen LogP contribution in [0.3, 0.4) is 0 Å². The third-order valence-corrected chi connectivity index (χ3v) is 4.02. The standard InChI is InChI=1S/C18H29N3O2/c1-5-14(12-20-17(22)23-18(2,3)4)21-15-10-6-8-13-9-7-11-19-16(13)15/h7,9,11,14-15,21H,5-6,8,10,12H2,1-4H3,(H,20,22). The predicted octanol–water partition coefficient (Wildman–Crippen LogP) is 3.35. The van der Waals surface area contributed by atoms with Gasteiger partial charge in [-0.05, 0) is 58.1 Å². The van der Waals surface area contributed by atoms with E-state index >= 15 is 0 Å². The highest BCUT2D eigenvalue weighted by Gasteiger charge is 2.24. The highest BCUT2D eigenvalue weighted by molar-refractivity contribution is 5.67. The molecule has 2 rings (SSSR count). The van der Waals surface area contributed by atoms with Gasteiger partial charge in [0.15, 0.2) is 0 Å². The van der Waals surface area contributed by atoms with Gasteiger partial charge in [-0.25, -0.2) is 4.79 Å². The van der Waals surface area contributed by atoms with Gasteiger partial charge in [0.2, 0.25) is 0 Å². The van der Waals surface area contributed by atoms with Crippen LogP contribution in [0.4, 0.5) is 4.79 Å². The third-order valence-electron chi connectivity index (χ3n) is 4.02. The lowest BCUT2D eigenvalue weighted by molar-refractivity contribution is 0.0521. The molecule has 0 bridgehead atoms. The van der Waals surface area contributed by atoms with Crippen LogP contribution < -0.4 is 10.6 Å². The van der Waals surface area contributed by atoms with Gasteiger partial charge in [-0.1, -0.05) is 13.0 Å². The maximum absolute atomic E-state index is 11.8. The van der Waals surface area contributed by atoms with E-state index in [2.05, 4.69) is 28.6 Å². The fourth-order valence-electron chi connectivity index (χ4n) is 2.90. The maximum atomic E-state index is 11.8. The molecule has 1 aromatic heterocycles. The lowest BCUT2D eigenvalue weighted by Crippen LogP contribution is -2.44. The number of alkyl carbamates (subject to hydrolysis) is 1. The first kappa shape index (κ1) is 17.7. The van der Waals surface area contributed by atoms with Gasteiger partial charge in [0.05, 0.1) is 11.7 Å². The molecule has 1 aliphatic rings. The second-order valence-corrected chi connectivity index (χ2v) is 7.15. The number of pyridine rings is 1. The minimum atomic E-state index is -0.467. The quantitative estimate of drug-likeness (QED) is 0.873. The van der Waals surface area contributed by atoms with Crippen molar-refractivity contribution in [2.45, 2.75) is 71.1 Å². The second-order valence-electron chi connectivity index (χ2n) is 7.15. The summed E-state index contributed by atoms with van der Waals surface area (Å²) in [5.41, 5.74) is 2.03. The summed E-state index contributed by atoms with van der Waals surface area (Å²) in [6.07, 6.45) is 5.81. The van der Waals surface area contributed by atoms with Gasteiger partial charge in [-0.15, -0.1) is 0 Å². The van der Waals surface area contributed by atoms with Crippen molar-refractivity contribution >= 4 is 6.09 Å². The number of nitrogens with zero attached hydrogens (tertiary/aromatic N) is 1. The molecular formula is C18H29N3O2. The summed E-state index contributed by atoms with van der Waals surface area (Å²) in [5.74, 6) is 0. The number of ether oxygens (including phenoxy) is 1. The van der Waals surface area contributed by atoms with Gasteiger partial charge in [0.25, 0.3) is 0 Å². The number of hydrogen-bond acceptors (Lipinski definition) is 4. The van der Waals surface area contributed by atoms with E-state index in [0.717, 1.165) is 25.0 Å². The third kappa shape index (κ3) is 5.50. The number of amides is 1. The van der Waals surface area contributed by atoms with Crippen molar-refractivity contribution in [2.24, 2.45) is 0 Å². The summed E-state index contributed by atoms with van der Waals surface area (Å²) >= 11 is 0. The van der Waals surface area contributed by atoms with E-state index in [-0.39, 0.29) is 18.2 Å². The molecule has 5 heteroatoms. The Morgan fingerprint density at radius 2 is 2.26 bits per heavy atom. The van der Waals surface area contributed by atoms with Gasteiger partial charge in [0.1, 0.15) is 5.60 Å². The van der Waals surface area contributed by atoms with E-state index in [1.54, 1.807) is 0 Å². The van der Waals surface area contributed by atoms with Crippen molar-refractivity contribution in [3.8, 4) is 0 Å². The van der Waals surface area contributed by atoms with Crippen LogP contribution in [0.1, 0.15) is 64.3 Å². The first-order chi connectivity index (χ1) is 10.9. The molecule has 0 radical (unpaired) electrons. The average molecular weight is 319 g/mol. The van der Waals surface area contributed by atoms with E-state index in [4.69, 9.17) is 4.74 Å². The van der Waals surface area contributed by atoms with Crippen LogP contribution in [0, 0.1) is 0 Å². The Labute approximate surface area is 139 Å². The molecule has 0 aliphatic heterocycles. The Kier molecular flexibility index (Phi) is 5.99. The van der Waals surface area contributed by atoms with Crippen LogP contribution in [0.15, 0.2) is 18.3 Å². The van der Waals surface area contributed by atoms with Crippen molar-refractivity contribution in [3.63, 3.8) is 0 Å². The van der Waals surface area contributed by atoms with E-state index in [1.165, 1.54) is 12.0 Å². The molecule has 128 valence electrons. The summed E-state index contributed by atoms with van der Waals surface area (Å²) in [4.78, 5) is 16.4. The number of fused-ring (bicyclic) bond motifs is 1. The number of rotatable bonds is 5. The maximum Gasteiger partial charge on any atom is 0.407 e. The molecule has 1 amide bonds. The van der Waals surface area contributed by atoms with Gasteiger partial charge >= 0.3 is 6.09 Å². The molecule has 1 heterocycles. The van der Waals surface area contributed by atoms with Gasteiger partial charge in [0, 0.05) is 18.8 Å². The Morgan fingerprint density at radius 1 is 1.48 bits per heavy atom. The SMILES string of the molecule is CCC(CNC(=O)OC(C)(C)C)NC1CCCc2cccnc21. The monoisotopic (exact) mass is 319 g/mol. The highest BCUT2D eigenvalue weighted by atomic mass is 16.6. The summed E-state index contributed by atoms with van der Waals surface area (Å²) in [5, 5.41) is 6.51. The zero-order valence-electron chi connectivity index (χ0n) is 14.7. The number of aromatic nitrogens is 1. The van der Waals surface area contributed by atoms with Crippen LogP contribution in [0.2, 0.25) is 0 Å². The minimum absolute atomic E-state index is 0.209. The molecule has 5 nitrogen and oxygen atoms in total. The van der Waals surface area contributed by atoms with Gasteiger partial charge in [-0.2, -0.15) is 0 Å². The van der Waals surface area contributed by atoms with E-state index in [9.17, 15) is 4.79 Å². The number of nitrogens with one attached hydrogen (secondary N) is 2. The summed E-state index contributed by atoms with van der Waals surface area (Å²) in [6, 6.07) is 4.64. The van der Waals surface area contributed by atoms with Crippen molar-refractivity contribution in [2.75, 3.05) is 6.54 Å². The van der Waals surface area contributed by atoms with Crippen molar-refractivity contribution in [1.29, 1.82) is 0 Å². The highest BCUT2D eigenvalue weighted by Crippen LogP contribution is 2.28. The number of carbonyl (C=O) groups excluding carboxylic acids is 1. The topological polar surface area (TPSA) is 63.2 Å². The van der Waals surface area contributed by atoms with Crippen molar-refractivity contribution in [3.05, 3.63) is 29.6 Å². The smallest absolute Gasteiger partial charge is 0.407 e. The van der Waals surface area contributed by atoms with Crippen LogP contribution in [0.25, 0.3) is 0 Å². The zero-order valence-corrected chi connectivity index (χ0v) is 14.7. The van der Waals surface area contributed by atoms with Gasteiger partial charge in [-0.3, -0.25) is 4.98 Å². The molecular weight excluding hydrogens is 290 g/mol. The lowest BCUT2D eigenvalue weighted by atomic mass is 9.91. The van der Waals surface area contributed by atoms with Crippen LogP contribution in [-0.2, 0) is 11.2 Å². The molecule has 2 atom stereocenters. The largest absolute Gasteiger partial charge is 0.444 e. The molecule has 0 aromatic carbocycles. The first-order valence-corrected chi connectivity index (χ1v) is 8.55. The Balaban J connectivity index is 1.89. The fraction of sp³-hybridized carbons (Fsp3) is 0.667. The average Bonchev–Trinajstić information content (AvgIpc) is 2.50. The minimum Gasteiger partial charge on any atom is -0.444 e. The van der Waals surface area contributed by atoms with Crippen LogP contribution >= 0.6 is 0 Å². The van der Waals surface area contributed by atoms with Crippen molar-refractivity contribution < 1.29 is 9.53 Å². The fourth-order valence-corrected chi connectivity index (χ4v) is 2.90. The Bertz CT molecular complexity index is 525. The summed E-state index contributed by atoms with van der Waals surface area (Å²) in [7, 11) is 0. The molecule has 0 saturated heterocycles. The first-order valence-electron chi connectivity index (χ1n) is 8.55. The predicted molar refractivity (Wildman–Crippen MR) is 91.4 cm³/mol. The number of hydrogen-bond donors (Lipinski definition) is 2.